The van der Waals surface area contributed by atoms with Gasteiger partial charge in [0.1, 0.15) is 0 Å². The topological polar surface area (TPSA) is 37.8 Å². The Kier molecular flexibility index (Phi) is 4.89. The minimum absolute atomic E-state index is 0.108. The molecule has 1 aromatic carbocycles. The van der Waals surface area contributed by atoms with Crippen molar-refractivity contribution in [1.29, 1.82) is 0 Å². The first kappa shape index (κ1) is 14.7. The van der Waals surface area contributed by atoms with Crippen LogP contribution in [-0.4, -0.2) is 15.7 Å². The van der Waals surface area contributed by atoms with Gasteiger partial charge in [0, 0.05) is 23.0 Å². The van der Waals surface area contributed by atoms with Crippen molar-refractivity contribution < 1.29 is 8.78 Å². The molecule has 0 spiro atoms. The van der Waals surface area contributed by atoms with Crippen molar-refractivity contribution in [2.45, 2.75) is 30.5 Å². The Morgan fingerprint density at radius 3 is 2.55 bits per heavy atom. The normalized spacial score (nSPS) is 12.4. The van der Waals surface area contributed by atoms with Gasteiger partial charge in [0.05, 0.1) is 17.4 Å². The van der Waals surface area contributed by atoms with Crippen molar-refractivity contribution in [3.63, 3.8) is 0 Å². The molecule has 1 N–H and O–H groups in total. The number of anilines is 1. The lowest BCUT2D eigenvalue weighted by molar-refractivity contribution is 0.252. The number of para-hydroxylation sites is 1. The summed E-state index contributed by atoms with van der Waals surface area (Å²) in [5.41, 5.74) is 2.31. The highest BCUT2D eigenvalue weighted by Crippen LogP contribution is 2.33. The fraction of sp³-hybridized carbons (Fsp3) is 0.286. The molecule has 0 aliphatic rings. The third-order valence-corrected chi connectivity index (χ3v) is 3.59. The molecule has 0 saturated heterocycles. The molecule has 0 radical (unpaired) electrons. The summed E-state index contributed by atoms with van der Waals surface area (Å²) in [6, 6.07) is 6.91. The molecule has 6 heteroatoms. The van der Waals surface area contributed by atoms with Gasteiger partial charge >= 0.3 is 0 Å². The quantitative estimate of drug-likeness (QED) is 0.836. The van der Waals surface area contributed by atoms with Gasteiger partial charge in [0.2, 0.25) is 0 Å². The molecule has 106 valence electrons. The number of hydrogen-bond donors (Lipinski definition) is 1. The highest BCUT2D eigenvalue weighted by atomic mass is 32.2. The van der Waals surface area contributed by atoms with Crippen LogP contribution in [0.1, 0.15) is 24.4 Å². The first-order chi connectivity index (χ1) is 9.58. The number of thioether (sulfide) groups is 1. The van der Waals surface area contributed by atoms with Gasteiger partial charge in [-0.25, -0.2) is 0 Å². The molecule has 0 saturated carbocycles. The lowest BCUT2D eigenvalue weighted by Crippen LogP contribution is -2.11. The minimum Gasteiger partial charge on any atom is -0.376 e. The van der Waals surface area contributed by atoms with Crippen molar-refractivity contribution in [3.8, 4) is 0 Å². The highest BCUT2D eigenvalue weighted by molar-refractivity contribution is 7.99. The minimum atomic E-state index is -2.44. The number of rotatable bonds is 5. The zero-order valence-corrected chi connectivity index (χ0v) is 12.0. The maximum Gasteiger partial charge on any atom is 0.288 e. The van der Waals surface area contributed by atoms with Gasteiger partial charge < -0.3 is 5.32 Å². The van der Waals surface area contributed by atoms with Crippen molar-refractivity contribution in [2.24, 2.45) is 0 Å². The van der Waals surface area contributed by atoms with E-state index in [1.54, 1.807) is 30.6 Å². The van der Waals surface area contributed by atoms with Crippen LogP contribution < -0.4 is 5.32 Å². The van der Waals surface area contributed by atoms with Gasteiger partial charge in [0.25, 0.3) is 5.76 Å². The van der Waals surface area contributed by atoms with Gasteiger partial charge in [0.15, 0.2) is 0 Å². The number of nitrogens with zero attached hydrogens (tertiary/aromatic N) is 2. The molecular formula is C14H15F2N3S. The molecule has 3 nitrogen and oxygen atoms in total. The molecule has 20 heavy (non-hydrogen) atoms. The van der Waals surface area contributed by atoms with E-state index in [1.807, 2.05) is 19.9 Å². The number of benzene rings is 1. The van der Waals surface area contributed by atoms with E-state index in [1.165, 1.54) is 0 Å². The SMILES string of the molecule is Cc1nccnc1C(C)Nc1ccccc1SC(F)F. The summed E-state index contributed by atoms with van der Waals surface area (Å²) < 4.78 is 25.1. The maximum absolute atomic E-state index is 12.5. The van der Waals surface area contributed by atoms with Crippen molar-refractivity contribution >= 4 is 17.4 Å². The Hall–Kier alpha value is -1.69. The highest BCUT2D eigenvalue weighted by Gasteiger charge is 2.14. The van der Waals surface area contributed by atoms with Crippen LogP contribution in [0.2, 0.25) is 0 Å². The molecule has 0 aliphatic carbocycles. The van der Waals surface area contributed by atoms with Crippen molar-refractivity contribution in [3.05, 3.63) is 48.0 Å². The fourth-order valence-corrected chi connectivity index (χ4v) is 2.53. The fourth-order valence-electron chi connectivity index (χ4n) is 1.93. The van der Waals surface area contributed by atoms with Crippen LogP contribution in [0.5, 0.6) is 0 Å². The van der Waals surface area contributed by atoms with Gasteiger partial charge in [-0.1, -0.05) is 23.9 Å². The van der Waals surface area contributed by atoms with E-state index in [9.17, 15) is 8.78 Å². The average molecular weight is 295 g/mol. The molecule has 2 aromatic rings. The van der Waals surface area contributed by atoms with Crippen molar-refractivity contribution in [1.82, 2.24) is 9.97 Å². The zero-order valence-electron chi connectivity index (χ0n) is 11.2. The summed E-state index contributed by atoms with van der Waals surface area (Å²) in [6.07, 6.45) is 3.26. The van der Waals surface area contributed by atoms with Crippen LogP contribution in [-0.2, 0) is 0 Å². The Morgan fingerprint density at radius 1 is 1.15 bits per heavy atom. The number of aryl methyl sites for hydroxylation is 1. The Bertz CT molecular complexity index is 578. The monoisotopic (exact) mass is 295 g/mol. The van der Waals surface area contributed by atoms with E-state index < -0.39 is 5.76 Å². The van der Waals surface area contributed by atoms with E-state index >= 15 is 0 Å². The van der Waals surface area contributed by atoms with Crippen molar-refractivity contribution in [2.75, 3.05) is 5.32 Å². The van der Waals surface area contributed by atoms with Gasteiger partial charge in [-0.05, 0) is 26.0 Å². The standard InChI is InChI=1S/C14H15F2N3S/c1-9-13(18-8-7-17-9)10(2)19-11-5-3-4-6-12(11)20-14(15)16/h3-8,10,14,19H,1-2H3. The molecule has 1 atom stereocenters. The molecule has 0 aliphatic heterocycles. The van der Waals surface area contributed by atoms with Gasteiger partial charge in [-0.3, -0.25) is 9.97 Å². The molecule has 0 bridgehead atoms. The van der Waals surface area contributed by atoms with Crippen LogP contribution in [0.3, 0.4) is 0 Å². The summed E-state index contributed by atoms with van der Waals surface area (Å²) in [7, 11) is 0. The molecule has 2 rings (SSSR count). The summed E-state index contributed by atoms with van der Waals surface area (Å²) in [4.78, 5) is 8.99. The number of aromatic nitrogens is 2. The second-order valence-corrected chi connectivity index (χ2v) is 5.30. The van der Waals surface area contributed by atoms with E-state index in [2.05, 4.69) is 15.3 Å². The van der Waals surface area contributed by atoms with Crippen LogP contribution in [0.25, 0.3) is 0 Å². The van der Waals surface area contributed by atoms with Gasteiger partial charge in [-0.15, -0.1) is 0 Å². The Labute approximate surface area is 120 Å². The molecule has 0 amide bonds. The van der Waals surface area contributed by atoms with E-state index in [-0.39, 0.29) is 6.04 Å². The molecule has 1 heterocycles. The Balaban J connectivity index is 2.20. The summed E-state index contributed by atoms with van der Waals surface area (Å²) >= 11 is 0.535. The molecule has 0 fully saturated rings. The van der Waals surface area contributed by atoms with Gasteiger partial charge in [-0.2, -0.15) is 8.78 Å². The van der Waals surface area contributed by atoms with Crippen LogP contribution in [0.4, 0.5) is 14.5 Å². The summed E-state index contributed by atoms with van der Waals surface area (Å²) in [6.45, 7) is 3.81. The number of nitrogens with one attached hydrogen (secondary N) is 1. The molecule has 1 aromatic heterocycles. The molecular weight excluding hydrogens is 280 g/mol. The van der Waals surface area contributed by atoms with E-state index in [0.29, 0.717) is 22.3 Å². The third-order valence-electron chi connectivity index (χ3n) is 2.80. The average Bonchev–Trinajstić information content (AvgIpc) is 2.41. The smallest absolute Gasteiger partial charge is 0.288 e. The predicted octanol–water partition coefficient (Wildman–Crippen LogP) is 4.27. The first-order valence-electron chi connectivity index (χ1n) is 6.16. The second-order valence-electron chi connectivity index (χ2n) is 4.27. The van der Waals surface area contributed by atoms with E-state index in [0.717, 1.165) is 11.4 Å². The van der Waals surface area contributed by atoms with Crippen LogP contribution in [0, 0.1) is 6.92 Å². The van der Waals surface area contributed by atoms with Crippen LogP contribution >= 0.6 is 11.8 Å². The maximum atomic E-state index is 12.5. The number of hydrogen-bond acceptors (Lipinski definition) is 4. The van der Waals surface area contributed by atoms with E-state index in [4.69, 9.17) is 0 Å². The first-order valence-corrected chi connectivity index (χ1v) is 7.03. The zero-order chi connectivity index (χ0) is 14.5. The molecule has 1 unspecified atom stereocenters. The predicted molar refractivity (Wildman–Crippen MR) is 77.1 cm³/mol. The summed E-state index contributed by atoms with van der Waals surface area (Å²) in [5.74, 6) is -2.44. The Morgan fingerprint density at radius 2 is 1.85 bits per heavy atom. The second kappa shape index (κ2) is 6.65. The van der Waals surface area contributed by atoms with Crippen LogP contribution in [0.15, 0.2) is 41.6 Å². The number of halogens is 2. The lowest BCUT2D eigenvalue weighted by atomic mass is 10.1. The third kappa shape index (κ3) is 3.66. The largest absolute Gasteiger partial charge is 0.376 e. The lowest BCUT2D eigenvalue weighted by Gasteiger charge is -2.18. The summed E-state index contributed by atoms with van der Waals surface area (Å²) in [5, 5.41) is 3.22. The number of alkyl halides is 2.